The van der Waals surface area contributed by atoms with E-state index < -0.39 is 17.8 Å². The van der Waals surface area contributed by atoms with Crippen LogP contribution in [0.2, 0.25) is 0 Å². The van der Waals surface area contributed by atoms with Gasteiger partial charge in [0.05, 0.1) is 11.8 Å². The Morgan fingerprint density at radius 1 is 1.30 bits per heavy atom. The summed E-state index contributed by atoms with van der Waals surface area (Å²) in [5, 5.41) is 9.24. The summed E-state index contributed by atoms with van der Waals surface area (Å²) in [5.74, 6) is -1.57. The molecule has 1 amide bonds. The fraction of sp³-hybridized carbons (Fsp3) is 0.533. The molecule has 1 aromatic heterocycles. The van der Waals surface area contributed by atoms with Crippen LogP contribution in [0.4, 0.5) is 0 Å². The summed E-state index contributed by atoms with van der Waals surface area (Å²) in [6.45, 7) is 2.49. The van der Waals surface area contributed by atoms with Gasteiger partial charge in [0.25, 0.3) is 0 Å². The summed E-state index contributed by atoms with van der Waals surface area (Å²) in [4.78, 5) is 29.3. The van der Waals surface area contributed by atoms with Crippen LogP contribution in [0.25, 0.3) is 0 Å². The van der Waals surface area contributed by atoms with E-state index in [4.69, 9.17) is 0 Å². The molecule has 1 fully saturated rings. The maximum absolute atomic E-state index is 12.5. The van der Waals surface area contributed by atoms with Gasteiger partial charge in [-0.05, 0) is 36.5 Å². The van der Waals surface area contributed by atoms with Gasteiger partial charge in [-0.3, -0.25) is 14.6 Å². The van der Waals surface area contributed by atoms with Crippen LogP contribution >= 0.6 is 0 Å². The first kappa shape index (κ1) is 14.5. The van der Waals surface area contributed by atoms with Gasteiger partial charge in [-0.25, -0.2) is 0 Å². The molecular weight excluding hydrogens is 256 g/mol. The number of pyridine rings is 1. The minimum Gasteiger partial charge on any atom is -0.481 e. The molecule has 1 aliphatic carbocycles. The van der Waals surface area contributed by atoms with E-state index in [1.54, 1.807) is 24.3 Å². The number of aromatic nitrogens is 1. The van der Waals surface area contributed by atoms with Crippen LogP contribution in [0.5, 0.6) is 0 Å². The highest BCUT2D eigenvalue weighted by Gasteiger charge is 2.42. The van der Waals surface area contributed by atoms with Gasteiger partial charge < -0.3 is 10.0 Å². The van der Waals surface area contributed by atoms with Gasteiger partial charge in [0.2, 0.25) is 5.91 Å². The molecule has 0 saturated heterocycles. The van der Waals surface area contributed by atoms with E-state index in [2.05, 4.69) is 4.98 Å². The first-order valence-corrected chi connectivity index (χ1v) is 6.85. The maximum Gasteiger partial charge on any atom is 0.307 e. The van der Waals surface area contributed by atoms with E-state index in [0.29, 0.717) is 25.3 Å². The van der Waals surface area contributed by atoms with Crippen molar-refractivity contribution in [3.05, 3.63) is 30.1 Å². The minimum absolute atomic E-state index is 0.0708. The highest BCUT2D eigenvalue weighted by Crippen LogP contribution is 2.37. The maximum atomic E-state index is 12.5. The summed E-state index contributed by atoms with van der Waals surface area (Å²) in [5.41, 5.74) is 0.994. The average Bonchev–Trinajstić information content (AvgIpc) is 2.81. The second-order valence-electron chi connectivity index (χ2n) is 5.68. The molecule has 2 rings (SSSR count). The largest absolute Gasteiger partial charge is 0.481 e. The number of carbonyl (C=O) groups is 2. The predicted molar refractivity (Wildman–Crippen MR) is 73.7 cm³/mol. The Morgan fingerprint density at radius 2 is 1.90 bits per heavy atom. The summed E-state index contributed by atoms with van der Waals surface area (Å²) in [6.07, 6.45) is 4.63. The third kappa shape index (κ3) is 3.15. The molecule has 0 radical (unpaired) electrons. The molecule has 1 aliphatic rings. The molecule has 0 aliphatic heterocycles. The van der Waals surface area contributed by atoms with Crippen LogP contribution in [0.15, 0.2) is 24.5 Å². The first-order chi connectivity index (χ1) is 9.49. The van der Waals surface area contributed by atoms with Gasteiger partial charge in [-0.1, -0.05) is 6.92 Å². The number of nitrogens with zero attached hydrogens (tertiary/aromatic N) is 2. The van der Waals surface area contributed by atoms with Gasteiger partial charge in [-0.15, -0.1) is 0 Å². The standard InChI is InChI=1S/C15H20N2O3/c1-10-7-12(13(8-10)15(19)20)14(18)17(2)9-11-3-5-16-6-4-11/h3-6,10,12-13H,7-9H2,1-2H3,(H,19,20)/t10?,12-,13+/m0/s1. The lowest BCUT2D eigenvalue weighted by Gasteiger charge is -2.23. The molecule has 1 unspecified atom stereocenters. The van der Waals surface area contributed by atoms with E-state index in [9.17, 15) is 14.7 Å². The summed E-state index contributed by atoms with van der Waals surface area (Å²) in [6, 6.07) is 3.71. The van der Waals surface area contributed by atoms with E-state index in [1.165, 1.54) is 0 Å². The van der Waals surface area contributed by atoms with Crippen molar-refractivity contribution in [2.24, 2.45) is 17.8 Å². The van der Waals surface area contributed by atoms with E-state index in [-0.39, 0.29) is 5.91 Å². The fourth-order valence-electron chi connectivity index (χ4n) is 2.96. The fourth-order valence-corrected chi connectivity index (χ4v) is 2.96. The van der Waals surface area contributed by atoms with Crippen LogP contribution in [0.1, 0.15) is 25.3 Å². The number of carbonyl (C=O) groups excluding carboxylic acids is 1. The first-order valence-electron chi connectivity index (χ1n) is 6.85. The van der Waals surface area contributed by atoms with Crippen molar-refractivity contribution in [2.75, 3.05) is 7.05 Å². The second kappa shape index (κ2) is 6.03. The number of hydrogen-bond donors (Lipinski definition) is 1. The normalized spacial score (nSPS) is 25.4. The van der Waals surface area contributed by atoms with Gasteiger partial charge in [0.15, 0.2) is 0 Å². The summed E-state index contributed by atoms with van der Waals surface area (Å²) < 4.78 is 0. The van der Waals surface area contributed by atoms with Gasteiger partial charge in [0.1, 0.15) is 0 Å². The molecule has 1 N–H and O–H groups in total. The zero-order valence-electron chi connectivity index (χ0n) is 11.8. The van der Waals surface area contributed by atoms with Crippen LogP contribution < -0.4 is 0 Å². The molecule has 1 aromatic rings. The smallest absolute Gasteiger partial charge is 0.307 e. The van der Waals surface area contributed by atoms with Crippen molar-refractivity contribution in [2.45, 2.75) is 26.3 Å². The van der Waals surface area contributed by atoms with Crippen LogP contribution in [0.3, 0.4) is 0 Å². The number of carboxylic acids is 1. The SMILES string of the molecule is CC1C[C@H](C(=O)N(C)Cc2ccncc2)[C@H](C(=O)O)C1. The zero-order chi connectivity index (χ0) is 14.7. The van der Waals surface area contributed by atoms with Crippen molar-refractivity contribution in [1.82, 2.24) is 9.88 Å². The second-order valence-corrected chi connectivity index (χ2v) is 5.68. The van der Waals surface area contributed by atoms with E-state index in [1.807, 2.05) is 19.1 Å². The molecule has 0 bridgehead atoms. The highest BCUT2D eigenvalue weighted by atomic mass is 16.4. The van der Waals surface area contributed by atoms with Crippen molar-refractivity contribution in [3.63, 3.8) is 0 Å². The van der Waals surface area contributed by atoms with E-state index >= 15 is 0 Å². The van der Waals surface area contributed by atoms with Crippen molar-refractivity contribution in [3.8, 4) is 0 Å². The third-order valence-electron chi connectivity index (χ3n) is 3.98. The van der Waals surface area contributed by atoms with Gasteiger partial charge in [-0.2, -0.15) is 0 Å². The molecule has 0 spiro atoms. The molecule has 1 heterocycles. The molecule has 3 atom stereocenters. The molecule has 5 nitrogen and oxygen atoms in total. The highest BCUT2D eigenvalue weighted by molar-refractivity contribution is 5.85. The Balaban J connectivity index is 2.04. The Bertz CT molecular complexity index is 489. The Morgan fingerprint density at radius 3 is 2.50 bits per heavy atom. The van der Waals surface area contributed by atoms with Crippen LogP contribution in [0, 0.1) is 17.8 Å². The zero-order valence-corrected chi connectivity index (χ0v) is 11.8. The molecule has 1 saturated carbocycles. The number of aliphatic carboxylic acids is 1. The van der Waals surface area contributed by atoms with Gasteiger partial charge in [0, 0.05) is 26.0 Å². The third-order valence-corrected chi connectivity index (χ3v) is 3.98. The Hall–Kier alpha value is -1.91. The number of carboxylic acid groups (broad SMARTS) is 1. The summed E-state index contributed by atoms with van der Waals surface area (Å²) in [7, 11) is 1.73. The molecule has 20 heavy (non-hydrogen) atoms. The monoisotopic (exact) mass is 276 g/mol. The lowest BCUT2D eigenvalue weighted by Crippen LogP contribution is -2.36. The molecular formula is C15H20N2O3. The topological polar surface area (TPSA) is 70.5 Å². The van der Waals surface area contributed by atoms with Gasteiger partial charge >= 0.3 is 5.97 Å². The Labute approximate surface area is 118 Å². The molecule has 0 aromatic carbocycles. The van der Waals surface area contributed by atoms with Crippen molar-refractivity contribution >= 4 is 11.9 Å². The predicted octanol–water partition coefficient (Wildman–Crippen LogP) is 1.79. The lowest BCUT2D eigenvalue weighted by atomic mass is 9.95. The molecule has 108 valence electrons. The van der Waals surface area contributed by atoms with E-state index in [0.717, 1.165) is 5.56 Å². The van der Waals surface area contributed by atoms with Crippen LogP contribution in [-0.4, -0.2) is 33.9 Å². The average molecular weight is 276 g/mol. The number of hydrogen-bond acceptors (Lipinski definition) is 3. The van der Waals surface area contributed by atoms with Crippen molar-refractivity contribution < 1.29 is 14.7 Å². The van der Waals surface area contributed by atoms with Crippen LogP contribution in [-0.2, 0) is 16.1 Å². The van der Waals surface area contributed by atoms with Crippen molar-refractivity contribution in [1.29, 1.82) is 0 Å². The lowest BCUT2D eigenvalue weighted by molar-refractivity contribution is -0.148. The quantitative estimate of drug-likeness (QED) is 0.910. The minimum atomic E-state index is -0.856. The number of rotatable bonds is 4. The molecule has 5 heteroatoms. The summed E-state index contributed by atoms with van der Waals surface area (Å²) >= 11 is 0. The Kier molecular flexibility index (Phi) is 4.37. The number of amides is 1.